The van der Waals surface area contributed by atoms with Gasteiger partial charge in [-0.25, -0.2) is 13.1 Å². The second kappa shape index (κ2) is 9.07. The number of carbonyl (C=O) groups is 1. The minimum Gasteiger partial charge on any atom is -0.322 e. The van der Waals surface area contributed by atoms with Crippen LogP contribution in [0.2, 0.25) is 0 Å². The van der Waals surface area contributed by atoms with Crippen molar-refractivity contribution < 1.29 is 13.2 Å². The van der Waals surface area contributed by atoms with Crippen LogP contribution in [-0.2, 0) is 10.0 Å². The lowest BCUT2D eigenvalue weighted by Crippen LogP contribution is -2.50. The van der Waals surface area contributed by atoms with Crippen molar-refractivity contribution >= 4 is 21.6 Å². The van der Waals surface area contributed by atoms with Crippen LogP contribution in [-0.4, -0.2) is 50.7 Å². The molecule has 0 unspecified atom stereocenters. The molecule has 1 aliphatic heterocycles. The van der Waals surface area contributed by atoms with Crippen LogP contribution in [0.4, 0.5) is 5.69 Å². The Kier molecular flexibility index (Phi) is 6.72. The van der Waals surface area contributed by atoms with Gasteiger partial charge in [0, 0.05) is 29.8 Å². The van der Waals surface area contributed by atoms with E-state index >= 15 is 0 Å². The molecule has 156 valence electrons. The topological polar surface area (TPSA) is 78.5 Å². The summed E-state index contributed by atoms with van der Waals surface area (Å²) in [4.78, 5) is 14.5. The van der Waals surface area contributed by atoms with Crippen molar-refractivity contribution in [3.05, 3.63) is 65.7 Å². The number of anilines is 1. The zero-order valence-corrected chi connectivity index (χ0v) is 17.9. The first-order chi connectivity index (χ1) is 13.8. The molecule has 1 saturated heterocycles. The molecule has 2 aromatic carbocycles. The standard InChI is InChI=1S/C22H29N3O3S/c1-16(2)29(27,28)24-21-13-14-25(3)15-20(21)17-9-11-19(12-10-17)23-22(26)18-7-5-4-6-8-18/h4-12,16,20-21,24H,13-15H2,1-3H3,(H,23,26)/t20-,21+/m0/s1. The molecular formula is C22H29N3O3S. The Morgan fingerprint density at radius 3 is 2.34 bits per heavy atom. The smallest absolute Gasteiger partial charge is 0.255 e. The Morgan fingerprint density at radius 2 is 1.72 bits per heavy atom. The Hall–Kier alpha value is -2.22. The number of hydrogen-bond acceptors (Lipinski definition) is 4. The van der Waals surface area contributed by atoms with Gasteiger partial charge >= 0.3 is 0 Å². The van der Waals surface area contributed by atoms with Gasteiger partial charge in [-0.3, -0.25) is 4.79 Å². The van der Waals surface area contributed by atoms with Crippen molar-refractivity contribution in [2.45, 2.75) is 37.5 Å². The van der Waals surface area contributed by atoms with Crippen molar-refractivity contribution in [1.82, 2.24) is 9.62 Å². The first kappa shape index (κ1) is 21.5. The lowest BCUT2D eigenvalue weighted by molar-refractivity contribution is 0.102. The Morgan fingerprint density at radius 1 is 1.07 bits per heavy atom. The van der Waals surface area contributed by atoms with E-state index in [2.05, 4.69) is 22.0 Å². The third-order valence-corrected chi connectivity index (χ3v) is 7.26. The van der Waals surface area contributed by atoms with E-state index in [4.69, 9.17) is 0 Å². The summed E-state index contributed by atoms with van der Waals surface area (Å²) in [6.07, 6.45) is 0.764. The summed E-state index contributed by atoms with van der Waals surface area (Å²) >= 11 is 0. The van der Waals surface area contributed by atoms with Crippen LogP contribution in [0.3, 0.4) is 0 Å². The van der Waals surface area contributed by atoms with Gasteiger partial charge in [0.2, 0.25) is 10.0 Å². The predicted octanol–water partition coefficient (Wildman–Crippen LogP) is 3.05. The van der Waals surface area contributed by atoms with Crippen LogP contribution in [0.1, 0.15) is 42.1 Å². The van der Waals surface area contributed by atoms with Gasteiger partial charge in [0.15, 0.2) is 0 Å². The third kappa shape index (κ3) is 5.44. The maximum atomic E-state index is 12.4. The van der Waals surface area contributed by atoms with E-state index in [9.17, 15) is 13.2 Å². The summed E-state index contributed by atoms with van der Waals surface area (Å²) in [7, 11) is -1.29. The van der Waals surface area contributed by atoms with Crippen LogP contribution < -0.4 is 10.0 Å². The second-order valence-corrected chi connectivity index (χ2v) is 10.2. The molecule has 2 aromatic rings. The Balaban J connectivity index is 1.74. The quantitative estimate of drug-likeness (QED) is 0.760. The second-order valence-electron chi connectivity index (χ2n) is 7.92. The van der Waals surface area contributed by atoms with E-state index in [1.54, 1.807) is 26.0 Å². The van der Waals surface area contributed by atoms with Crippen LogP contribution in [0.25, 0.3) is 0 Å². The Bertz CT molecular complexity index is 928. The fourth-order valence-electron chi connectivity index (χ4n) is 3.55. The van der Waals surface area contributed by atoms with Crippen molar-refractivity contribution in [3.8, 4) is 0 Å². The van der Waals surface area contributed by atoms with Crippen molar-refractivity contribution in [1.29, 1.82) is 0 Å². The van der Waals surface area contributed by atoms with E-state index in [0.717, 1.165) is 25.1 Å². The molecule has 2 N–H and O–H groups in total. The zero-order chi connectivity index (χ0) is 21.0. The van der Waals surface area contributed by atoms with Crippen molar-refractivity contribution in [3.63, 3.8) is 0 Å². The number of hydrogen-bond donors (Lipinski definition) is 2. The van der Waals surface area contributed by atoms with Crippen LogP contribution in [0, 0.1) is 0 Å². The maximum absolute atomic E-state index is 12.4. The van der Waals surface area contributed by atoms with Gasteiger partial charge in [0.25, 0.3) is 5.91 Å². The number of rotatable bonds is 6. The molecule has 1 amide bonds. The molecule has 1 fully saturated rings. The molecule has 1 heterocycles. The van der Waals surface area contributed by atoms with E-state index < -0.39 is 15.3 Å². The minimum atomic E-state index is -3.34. The van der Waals surface area contributed by atoms with Gasteiger partial charge in [-0.1, -0.05) is 30.3 Å². The number of nitrogens with zero attached hydrogens (tertiary/aromatic N) is 1. The van der Waals surface area contributed by atoms with Gasteiger partial charge in [-0.05, 0) is 63.7 Å². The highest BCUT2D eigenvalue weighted by molar-refractivity contribution is 7.90. The molecule has 7 heteroatoms. The fourth-order valence-corrected chi connectivity index (χ4v) is 4.52. The summed E-state index contributed by atoms with van der Waals surface area (Å²) in [5.74, 6) is -0.0977. The largest absolute Gasteiger partial charge is 0.322 e. The monoisotopic (exact) mass is 415 g/mol. The lowest BCUT2D eigenvalue weighted by atomic mass is 9.86. The molecule has 6 nitrogen and oxygen atoms in total. The molecule has 0 bridgehead atoms. The fraction of sp³-hybridized carbons (Fsp3) is 0.409. The van der Waals surface area contributed by atoms with E-state index in [1.807, 2.05) is 42.5 Å². The van der Waals surface area contributed by atoms with Gasteiger partial charge in [-0.15, -0.1) is 0 Å². The number of benzene rings is 2. The van der Waals surface area contributed by atoms with E-state index in [0.29, 0.717) is 11.3 Å². The van der Waals surface area contributed by atoms with Gasteiger partial charge in [0.1, 0.15) is 0 Å². The van der Waals surface area contributed by atoms with Gasteiger partial charge in [-0.2, -0.15) is 0 Å². The summed E-state index contributed by atoms with van der Waals surface area (Å²) in [6.45, 7) is 5.01. The Labute approximate surface area is 173 Å². The van der Waals surface area contributed by atoms with Crippen LogP contribution >= 0.6 is 0 Å². The number of likely N-dealkylation sites (tertiary alicyclic amines) is 1. The summed E-state index contributed by atoms with van der Waals surface area (Å²) in [5.41, 5.74) is 2.38. The van der Waals surface area contributed by atoms with Gasteiger partial charge < -0.3 is 10.2 Å². The molecule has 3 rings (SSSR count). The van der Waals surface area contributed by atoms with Crippen molar-refractivity contribution in [2.75, 3.05) is 25.5 Å². The number of piperidine rings is 1. The molecule has 0 saturated carbocycles. The summed E-state index contributed by atoms with van der Waals surface area (Å²) in [5, 5.41) is 2.44. The first-order valence-electron chi connectivity index (χ1n) is 9.92. The summed E-state index contributed by atoms with van der Waals surface area (Å²) < 4.78 is 27.7. The predicted molar refractivity (Wildman–Crippen MR) is 117 cm³/mol. The maximum Gasteiger partial charge on any atom is 0.255 e. The molecule has 0 aromatic heterocycles. The van der Waals surface area contributed by atoms with Crippen LogP contribution in [0.5, 0.6) is 0 Å². The minimum absolute atomic E-state index is 0.0566. The number of amides is 1. The number of nitrogens with one attached hydrogen (secondary N) is 2. The highest BCUT2D eigenvalue weighted by atomic mass is 32.2. The molecule has 29 heavy (non-hydrogen) atoms. The number of likely N-dealkylation sites (N-methyl/N-ethyl adjacent to an activating group) is 1. The van der Waals surface area contributed by atoms with Gasteiger partial charge in [0.05, 0.1) is 5.25 Å². The zero-order valence-electron chi connectivity index (χ0n) is 17.1. The molecule has 0 radical (unpaired) electrons. The average molecular weight is 416 g/mol. The van der Waals surface area contributed by atoms with E-state index in [-0.39, 0.29) is 17.9 Å². The van der Waals surface area contributed by atoms with Crippen molar-refractivity contribution in [2.24, 2.45) is 0 Å². The molecule has 0 spiro atoms. The normalized spacial score (nSPS) is 20.6. The van der Waals surface area contributed by atoms with E-state index in [1.165, 1.54) is 0 Å². The third-order valence-electron chi connectivity index (χ3n) is 5.38. The van der Waals surface area contributed by atoms with Crippen LogP contribution in [0.15, 0.2) is 54.6 Å². The first-order valence-corrected chi connectivity index (χ1v) is 11.5. The average Bonchev–Trinajstić information content (AvgIpc) is 2.70. The molecule has 1 aliphatic rings. The molecular weight excluding hydrogens is 386 g/mol. The molecule has 0 aliphatic carbocycles. The highest BCUT2D eigenvalue weighted by Gasteiger charge is 2.32. The summed E-state index contributed by atoms with van der Waals surface area (Å²) in [6, 6.07) is 16.6. The SMILES string of the molecule is CC(C)S(=O)(=O)N[C@@H]1CCN(C)C[C@H]1c1ccc(NC(=O)c2ccccc2)cc1. The number of carbonyl (C=O) groups excluding carboxylic acids is 1. The number of sulfonamides is 1. The lowest BCUT2D eigenvalue weighted by Gasteiger charge is -2.37. The highest BCUT2D eigenvalue weighted by Crippen LogP contribution is 2.29. The molecule has 2 atom stereocenters.